The van der Waals surface area contributed by atoms with E-state index in [1.807, 2.05) is 0 Å². The molecule has 2 unspecified atom stereocenters. The number of rotatable bonds is 1. The van der Waals surface area contributed by atoms with Gasteiger partial charge in [-0.3, -0.25) is 0 Å². The minimum Gasteiger partial charge on any atom is -0.348 e. The van der Waals surface area contributed by atoms with Crippen molar-refractivity contribution in [1.82, 2.24) is 4.57 Å². The van der Waals surface area contributed by atoms with E-state index in [4.69, 9.17) is 5.73 Å². The fourth-order valence-electron chi connectivity index (χ4n) is 3.12. The summed E-state index contributed by atoms with van der Waals surface area (Å²) >= 11 is 0. The van der Waals surface area contributed by atoms with Crippen LogP contribution in [0.4, 0.5) is 0 Å². The Morgan fingerprint density at radius 2 is 2.19 bits per heavy atom. The fourth-order valence-corrected chi connectivity index (χ4v) is 3.12. The highest BCUT2D eigenvalue weighted by Gasteiger charge is 2.23. The lowest BCUT2D eigenvalue weighted by molar-refractivity contribution is 0.435. The first-order chi connectivity index (χ1) is 7.86. The summed E-state index contributed by atoms with van der Waals surface area (Å²) in [4.78, 5) is 0. The fraction of sp³-hybridized carbons (Fsp3) is 0.571. The lowest BCUT2D eigenvalue weighted by atomic mass is 9.93. The molecule has 0 aliphatic heterocycles. The zero-order valence-corrected chi connectivity index (χ0v) is 9.73. The van der Waals surface area contributed by atoms with Crippen molar-refractivity contribution in [2.24, 2.45) is 5.73 Å². The monoisotopic (exact) mass is 216 g/mol. The van der Waals surface area contributed by atoms with Gasteiger partial charge in [0.2, 0.25) is 0 Å². The molecule has 2 heteroatoms. The minimum atomic E-state index is 0.282. The molecule has 1 heterocycles. The highest BCUT2D eigenvalue weighted by atomic mass is 15.0. The number of hydrogen-bond acceptors (Lipinski definition) is 1. The van der Waals surface area contributed by atoms with E-state index in [9.17, 15) is 0 Å². The van der Waals surface area contributed by atoms with Crippen LogP contribution >= 0.6 is 0 Å². The van der Waals surface area contributed by atoms with Gasteiger partial charge in [-0.05, 0) is 50.2 Å². The van der Waals surface area contributed by atoms with Crippen LogP contribution in [0.3, 0.4) is 0 Å². The van der Waals surface area contributed by atoms with Gasteiger partial charge in [0, 0.05) is 24.0 Å². The molecule has 86 valence electrons. The van der Waals surface area contributed by atoms with Gasteiger partial charge in [0.1, 0.15) is 0 Å². The van der Waals surface area contributed by atoms with Crippen LogP contribution in [-0.2, 0) is 6.42 Å². The molecule has 0 amide bonds. The largest absolute Gasteiger partial charge is 0.348 e. The van der Waals surface area contributed by atoms with Crippen LogP contribution in [0, 0.1) is 0 Å². The summed E-state index contributed by atoms with van der Waals surface area (Å²) in [6, 6.07) is 3.21. The molecule has 2 atom stereocenters. The Bertz CT molecular complexity index is 403. The number of allylic oxidation sites excluding steroid dienone is 2. The van der Waals surface area contributed by atoms with Crippen LogP contribution < -0.4 is 5.73 Å². The van der Waals surface area contributed by atoms with E-state index >= 15 is 0 Å². The van der Waals surface area contributed by atoms with Gasteiger partial charge in [-0.1, -0.05) is 12.2 Å². The number of aromatic nitrogens is 1. The lowest BCUT2D eigenvalue weighted by Gasteiger charge is -2.26. The van der Waals surface area contributed by atoms with Crippen molar-refractivity contribution in [2.75, 3.05) is 0 Å². The predicted octanol–water partition coefficient (Wildman–Crippen LogP) is 3.11. The molecule has 0 fully saturated rings. The van der Waals surface area contributed by atoms with Crippen LogP contribution in [0.25, 0.3) is 0 Å². The average Bonchev–Trinajstić information content (AvgIpc) is 2.75. The molecule has 0 saturated heterocycles. The first-order valence-electron chi connectivity index (χ1n) is 6.46. The highest BCUT2D eigenvalue weighted by molar-refractivity contribution is 5.29. The van der Waals surface area contributed by atoms with Gasteiger partial charge in [-0.15, -0.1) is 0 Å². The summed E-state index contributed by atoms with van der Waals surface area (Å²) in [6.45, 7) is 0. The van der Waals surface area contributed by atoms with Crippen molar-refractivity contribution in [2.45, 2.75) is 50.6 Å². The van der Waals surface area contributed by atoms with Gasteiger partial charge >= 0.3 is 0 Å². The molecular weight excluding hydrogens is 196 g/mol. The Hall–Kier alpha value is -1.02. The van der Waals surface area contributed by atoms with Crippen LogP contribution in [-0.4, -0.2) is 4.57 Å². The molecule has 2 aliphatic carbocycles. The lowest BCUT2D eigenvalue weighted by Crippen LogP contribution is -2.20. The number of hydrogen-bond donors (Lipinski definition) is 1. The molecule has 16 heavy (non-hydrogen) atoms. The Balaban J connectivity index is 1.93. The van der Waals surface area contributed by atoms with Gasteiger partial charge in [-0.25, -0.2) is 0 Å². The van der Waals surface area contributed by atoms with E-state index in [0.717, 1.165) is 6.42 Å². The molecule has 0 bridgehead atoms. The van der Waals surface area contributed by atoms with Crippen molar-refractivity contribution < 1.29 is 0 Å². The maximum atomic E-state index is 6.16. The topological polar surface area (TPSA) is 30.9 Å². The number of fused-ring (bicyclic) bond motifs is 1. The molecule has 3 rings (SSSR count). The van der Waals surface area contributed by atoms with Gasteiger partial charge in [0.05, 0.1) is 0 Å². The van der Waals surface area contributed by atoms with Crippen molar-refractivity contribution in [3.8, 4) is 0 Å². The first-order valence-corrected chi connectivity index (χ1v) is 6.46. The average molecular weight is 216 g/mol. The smallest absolute Gasteiger partial charge is 0.0370 e. The third-order valence-electron chi connectivity index (χ3n) is 4.02. The third-order valence-corrected chi connectivity index (χ3v) is 4.02. The summed E-state index contributed by atoms with van der Waals surface area (Å²) in [5, 5.41) is 0. The van der Waals surface area contributed by atoms with Crippen molar-refractivity contribution >= 4 is 0 Å². The Kier molecular flexibility index (Phi) is 2.60. The summed E-state index contributed by atoms with van der Waals surface area (Å²) < 4.78 is 2.50. The predicted molar refractivity (Wildman–Crippen MR) is 66.3 cm³/mol. The SMILES string of the molecule is NC1CCCc2c1ccn2C1CC=CCC1. The Morgan fingerprint density at radius 1 is 1.25 bits per heavy atom. The Labute approximate surface area is 97.1 Å². The summed E-state index contributed by atoms with van der Waals surface area (Å²) in [7, 11) is 0. The second kappa shape index (κ2) is 4.10. The summed E-state index contributed by atoms with van der Waals surface area (Å²) in [5.41, 5.74) is 9.08. The molecule has 0 aromatic carbocycles. The van der Waals surface area contributed by atoms with Crippen LogP contribution in [0.5, 0.6) is 0 Å². The third kappa shape index (κ3) is 1.61. The molecule has 2 nitrogen and oxygen atoms in total. The number of nitrogens with two attached hydrogens (primary N) is 1. The van der Waals surface area contributed by atoms with Gasteiger partial charge in [-0.2, -0.15) is 0 Å². The van der Waals surface area contributed by atoms with Gasteiger partial charge in [0.15, 0.2) is 0 Å². The number of nitrogens with zero attached hydrogens (tertiary/aromatic N) is 1. The normalized spacial score (nSPS) is 29.1. The quantitative estimate of drug-likeness (QED) is 0.718. The second-order valence-electron chi connectivity index (χ2n) is 5.06. The standard InChI is InChI=1S/C14H20N2/c15-13-7-4-8-14-12(13)9-10-16(14)11-5-2-1-3-6-11/h1-2,9-11,13H,3-8,15H2. The van der Waals surface area contributed by atoms with Crippen LogP contribution in [0.2, 0.25) is 0 Å². The van der Waals surface area contributed by atoms with Crippen molar-refractivity contribution in [3.05, 3.63) is 35.7 Å². The van der Waals surface area contributed by atoms with E-state index in [2.05, 4.69) is 29.0 Å². The molecule has 0 radical (unpaired) electrons. The minimum absolute atomic E-state index is 0.282. The molecule has 1 aromatic heterocycles. The molecular formula is C14H20N2. The molecule has 1 aromatic rings. The summed E-state index contributed by atoms with van der Waals surface area (Å²) in [6.07, 6.45) is 14.2. The summed E-state index contributed by atoms with van der Waals surface area (Å²) in [5.74, 6) is 0. The van der Waals surface area contributed by atoms with E-state index in [0.29, 0.717) is 6.04 Å². The maximum absolute atomic E-state index is 6.16. The van der Waals surface area contributed by atoms with Crippen LogP contribution in [0.1, 0.15) is 55.4 Å². The molecule has 0 saturated carbocycles. The highest BCUT2D eigenvalue weighted by Crippen LogP contribution is 2.33. The second-order valence-corrected chi connectivity index (χ2v) is 5.06. The molecule has 2 N–H and O–H groups in total. The first kappa shape index (κ1) is 10.2. The zero-order valence-electron chi connectivity index (χ0n) is 9.73. The van der Waals surface area contributed by atoms with E-state index in [1.165, 1.54) is 43.4 Å². The molecule has 0 spiro atoms. The van der Waals surface area contributed by atoms with Crippen molar-refractivity contribution in [1.29, 1.82) is 0 Å². The van der Waals surface area contributed by atoms with E-state index < -0.39 is 0 Å². The van der Waals surface area contributed by atoms with Crippen molar-refractivity contribution in [3.63, 3.8) is 0 Å². The molecule has 2 aliphatic rings. The zero-order chi connectivity index (χ0) is 11.0. The Morgan fingerprint density at radius 3 is 3.00 bits per heavy atom. The van der Waals surface area contributed by atoms with Gasteiger partial charge < -0.3 is 10.3 Å². The maximum Gasteiger partial charge on any atom is 0.0370 e. The van der Waals surface area contributed by atoms with E-state index in [-0.39, 0.29) is 6.04 Å². The van der Waals surface area contributed by atoms with E-state index in [1.54, 1.807) is 0 Å². The van der Waals surface area contributed by atoms with Gasteiger partial charge in [0.25, 0.3) is 0 Å². The van der Waals surface area contributed by atoms with Crippen LogP contribution in [0.15, 0.2) is 24.4 Å².